The third-order valence-corrected chi connectivity index (χ3v) is 7.00. The van der Waals surface area contributed by atoms with Gasteiger partial charge in [-0.3, -0.25) is 4.21 Å². The number of aliphatic carboxylic acids is 1. The van der Waals surface area contributed by atoms with E-state index in [1.165, 1.54) is 36.8 Å². The van der Waals surface area contributed by atoms with Crippen LogP contribution in [-0.4, -0.2) is 46.1 Å². The maximum atomic E-state index is 12.8. The number of carbonyl (C=O) groups is 2. The Morgan fingerprint density at radius 1 is 1.14 bits per heavy atom. The van der Waals surface area contributed by atoms with Crippen molar-refractivity contribution in [2.45, 2.75) is 17.1 Å². The van der Waals surface area contributed by atoms with E-state index in [4.69, 9.17) is 13.6 Å². The number of carbonyl (C=O) groups excluding carboxylic acids is 1. The van der Waals surface area contributed by atoms with Crippen LogP contribution in [0.1, 0.15) is 11.5 Å². The lowest BCUT2D eigenvalue weighted by Crippen LogP contribution is -2.48. The predicted octanol–water partition coefficient (Wildman–Crippen LogP) is 0.886. The molecule has 0 spiro atoms. The highest BCUT2D eigenvalue weighted by molar-refractivity contribution is 7.94. The molecule has 3 heterocycles. The van der Waals surface area contributed by atoms with E-state index >= 15 is 0 Å². The van der Waals surface area contributed by atoms with Gasteiger partial charge in [-0.1, -0.05) is 0 Å². The van der Waals surface area contributed by atoms with E-state index in [1.807, 2.05) is 0 Å². The number of aliphatic hydroxyl groups is 1. The van der Waals surface area contributed by atoms with Crippen molar-refractivity contribution < 1.29 is 46.0 Å². The minimum Gasteiger partial charge on any atom is -0.501 e. The van der Waals surface area contributed by atoms with Crippen LogP contribution in [0.25, 0.3) is 0 Å². The Labute approximate surface area is 160 Å². The highest BCUT2D eigenvalue weighted by atomic mass is 32.2. The summed E-state index contributed by atoms with van der Waals surface area (Å²) in [6, 6.07) is 5.76. The molecule has 0 aliphatic carbocycles. The molecule has 2 aromatic rings. The molecule has 0 saturated heterocycles. The van der Waals surface area contributed by atoms with Crippen molar-refractivity contribution in [1.82, 2.24) is 0 Å². The number of sulfone groups is 1. The molecule has 0 saturated carbocycles. The first-order valence-corrected chi connectivity index (χ1v) is 10.8. The van der Waals surface area contributed by atoms with Crippen molar-refractivity contribution >= 4 is 32.6 Å². The summed E-state index contributed by atoms with van der Waals surface area (Å²) >= 11 is 0. The number of esters is 1. The molecule has 2 N–H and O–H groups in total. The lowest BCUT2D eigenvalue weighted by molar-refractivity contribution is -0.165. The Kier molecular flexibility index (Phi) is 5.17. The molecular formula is C16H14O10S2. The highest BCUT2D eigenvalue weighted by Gasteiger charge is 2.60. The van der Waals surface area contributed by atoms with E-state index in [2.05, 4.69) is 0 Å². The quantitative estimate of drug-likeness (QED) is 0.575. The minimum absolute atomic E-state index is 0.0457. The van der Waals surface area contributed by atoms with Crippen molar-refractivity contribution in [3.05, 3.63) is 59.0 Å². The van der Waals surface area contributed by atoms with Crippen molar-refractivity contribution in [3.63, 3.8) is 0 Å². The first-order valence-electron chi connectivity index (χ1n) is 7.68. The standard InChI is InChI=1S/C16H14O10S2/c17-12-13(28(22,23)8-11-4-2-6-25-11)16(15(19)20,26-14(12)18)9-27(21)7-10-3-1-5-24-10/h1-6,17H,7-9H2,(H,19,20). The molecule has 2 unspecified atom stereocenters. The van der Waals surface area contributed by atoms with E-state index in [1.54, 1.807) is 0 Å². The van der Waals surface area contributed by atoms with Crippen LogP contribution in [0.5, 0.6) is 0 Å². The number of cyclic esters (lactones) is 1. The van der Waals surface area contributed by atoms with Gasteiger partial charge in [0, 0.05) is 10.8 Å². The molecule has 150 valence electrons. The summed E-state index contributed by atoms with van der Waals surface area (Å²) in [5.41, 5.74) is -2.83. The summed E-state index contributed by atoms with van der Waals surface area (Å²) in [5, 5.41) is 19.7. The van der Waals surface area contributed by atoms with Gasteiger partial charge < -0.3 is 23.8 Å². The fraction of sp³-hybridized carbons (Fsp3) is 0.250. The smallest absolute Gasteiger partial charge is 0.376 e. The molecule has 0 amide bonds. The van der Waals surface area contributed by atoms with Gasteiger partial charge in [-0.2, -0.15) is 0 Å². The number of carboxylic acids is 1. The Hall–Kier alpha value is -2.86. The van der Waals surface area contributed by atoms with Crippen LogP contribution in [0.15, 0.2) is 56.3 Å². The molecule has 28 heavy (non-hydrogen) atoms. The molecule has 1 aliphatic rings. The number of carboxylic acid groups (broad SMARTS) is 1. The third-order valence-electron chi connectivity index (χ3n) is 3.86. The van der Waals surface area contributed by atoms with Crippen LogP contribution in [0, 0.1) is 0 Å². The maximum Gasteiger partial charge on any atom is 0.376 e. The summed E-state index contributed by atoms with van der Waals surface area (Å²) in [7, 11) is -6.58. The van der Waals surface area contributed by atoms with Gasteiger partial charge in [0.15, 0.2) is 14.7 Å². The van der Waals surface area contributed by atoms with Gasteiger partial charge >= 0.3 is 11.9 Å². The molecule has 2 atom stereocenters. The fourth-order valence-corrected chi connectivity index (χ4v) is 5.94. The predicted molar refractivity (Wildman–Crippen MR) is 92.9 cm³/mol. The number of ether oxygens (including phenoxy) is 1. The van der Waals surface area contributed by atoms with Gasteiger partial charge in [0.05, 0.1) is 24.0 Å². The zero-order valence-electron chi connectivity index (χ0n) is 14.1. The number of furan rings is 2. The number of rotatable bonds is 8. The van der Waals surface area contributed by atoms with Crippen molar-refractivity contribution in [2.75, 3.05) is 5.75 Å². The normalized spacial score (nSPS) is 20.9. The second-order valence-electron chi connectivity index (χ2n) is 5.85. The molecule has 0 bridgehead atoms. The topological polar surface area (TPSA) is 161 Å². The van der Waals surface area contributed by atoms with Gasteiger partial charge in [-0.25, -0.2) is 18.0 Å². The Balaban J connectivity index is 2.00. The van der Waals surface area contributed by atoms with E-state index < -0.39 is 60.3 Å². The molecule has 3 rings (SSSR count). The molecule has 0 radical (unpaired) electrons. The monoisotopic (exact) mass is 430 g/mol. The summed E-state index contributed by atoms with van der Waals surface area (Å²) < 4.78 is 52.7. The Morgan fingerprint density at radius 2 is 1.75 bits per heavy atom. The lowest BCUT2D eigenvalue weighted by Gasteiger charge is -2.25. The van der Waals surface area contributed by atoms with Crippen LogP contribution < -0.4 is 0 Å². The number of aliphatic hydroxyl groups excluding tert-OH is 1. The van der Waals surface area contributed by atoms with Gasteiger partial charge in [0.25, 0.3) is 5.60 Å². The molecule has 0 aromatic carbocycles. The average molecular weight is 430 g/mol. The summed E-state index contributed by atoms with van der Waals surface area (Å²) in [6.07, 6.45) is 2.53. The summed E-state index contributed by atoms with van der Waals surface area (Å²) in [6.45, 7) is 0. The van der Waals surface area contributed by atoms with E-state index in [0.29, 0.717) is 0 Å². The fourth-order valence-electron chi connectivity index (χ4n) is 2.72. The van der Waals surface area contributed by atoms with Crippen LogP contribution in [-0.2, 0) is 46.5 Å². The maximum absolute atomic E-state index is 12.8. The Morgan fingerprint density at radius 3 is 2.29 bits per heavy atom. The summed E-state index contributed by atoms with van der Waals surface area (Å²) in [4.78, 5) is 22.6. The van der Waals surface area contributed by atoms with Crippen molar-refractivity contribution in [3.8, 4) is 0 Å². The first kappa shape index (κ1) is 19.9. The second kappa shape index (κ2) is 7.28. The Bertz CT molecular complexity index is 1050. The van der Waals surface area contributed by atoms with Crippen molar-refractivity contribution in [1.29, 1.82) is 0 Å². The lowest BCUT2D eigenvalue weighted by atomic mass is 10.1. The van der Waals surface area contributed by atoms with E-state index in [0.717, 1.165) is 0 Å². The number of hydrogen-bond acceptors (Lipinski definition) is 9. The zero-order valence-corrected chi connectivity index (χ0v) is 15.7. The first-order chi connectivity index (χ1) is 13.2. The van der Waals surface area contributed by atoms with Gasteiger partial charge in [0.2, 0.25) is 5.76 Å². The molecule has 12 heteroatoms. The molecule has 2 aromatic heterocycles. The molecule has 10 nitrogen and oxygen atoms in total. The zero-order chi connectivity index (χ0) is 20.5. The molecular weight excluding hydrogens is 416 g/mol. The molecule has 0 fully saturated rings. The van der Waals surface area contributed by atoms with Crippen molar-refractivity contribution in [2.24, 2.45) is 0 Å². The largest absolute Gasteiger partial charge is 0.501 e. The van der Waals surface area contributed by atoms with E-state index in [-0.39, 0.29) is 17.3 Å². The van der Waals surface area contributed by atoms with Gasteiger partial charge in [-0.15, -0.1) is 0 Å². The van der Waals surface area contributed by atoms with Crippen LogP contribution in [0.3, 0.4) is 0 Å². The van der Waals surface area contributed by atoms with Crippen LogP contribution in [0.2, 0.25) is 0 Å². The second-order valence-corrected chi connectivity index (χ2v) is 9.23. The SMILES string of the molecule is O=C1OC(CS(=O)Cc2ccco2)(C(=O)O)C(S(=O)(=O)Cc2ccco2)=C1O. The molecule has 1 aliphatic heterocycles. The van der Waals surface area contributed by atoms with Crippen LogP contribution in [0.4, 0.5) is 0 Å². The minimum atomic E-state index is -4.57. The third kappa shape index (κ3) is 3.60. The average Bonchev–Trinajstić information content (AvgIpc) is 3.31. The van der Waals surface area contributed by atoms with E-state index in [9.17, 15) is 32.4 Å². The summed E-state index contributed by atoms with van der Waals surface area (Å²) in [5.74, 6) is -6.52. The number of hydrogen-bond donors (Lipinski definition) is 2. The highest BCUT2D eigenvalue weighted by Crippen LogP contribution is 2.38. The van der Waals surface area contributed by atoms with Gasteiger partial charge in [0.1, 0.15) is 17.3 Å². The van der Waals surface area contributed by atoms with Crippen LogP contribution >= 0.6 is 0 Å². The van der Waals surface area contributed by atoms with Gasteiger partial charge in [-0.05, 0) is 24.3 Å².